The smallest absolute Gasteiger partial charge is 0.871 e. The van der Waals surface area contributed by atoms with Gasteiger partial charge < -0.3 is 5.11 Å². The summed E-state index contributed by atoms with van der Waals surface area (Å²) in [5.41, 5.74) is 1.73. The Morgan fingerprint density at radius 2 is 1.90 bits per heavy atom. The van der Waals surface area contributed by atoms with Crippen LogP contribution in [0.4, 0.5) is 0 Å². The van der Waals surface area contributed by atoms with E-state index < -0.39 is 0 Å². The molecule has 96 valence electrons. The fraction of sp³-hybridized carbons (Fsp3) is 0. The molecule has 0 radical (unpaired) electrons. The SMILES string of the molecule is [Be+2].[O-]c1cnccc1-c1[nH+]c2ccc3ccccc3c2s1. The molecule has 0 spiro atoms. The maximum atomic E-state index is 11.9. The van der Waals surface area contributed by atoms with Crippen molar-refractivity contribution in [2.45, 2.75) is 0 Å². The summed E-state index contributed by atoms with van der Waals surface area (Å²) in [7, 11) is 0. The van der Waals surface area contributed by atoms with Gasteiger partial charge in [0.15, 0.2) is 0 Å². The van der Waals surface area contributed by atoms with E-state index in [1.807, 2.05) is 12.1 Å². The van der Waals surface area contributed by atoms with Crippen LogP contribution in [0.3, 0.4) is 0 Å². The Kier molecular flexibility index (Phi) is 3.42. The number of nitrogens with one attached hydrogen (secondary N) is 1. The van der Waals surface area contributed by atoms with Crippen LogP contribution in [0.2, 0.25) is 0 Å². The summed E-state index contributed by atoms with van der Waals surface area (Å²) in [4.78, 5) is 7.19. The number of benzene rings is 2. The summed E-state index contributed by atoms with van der Waals surface area (Å²) in [5, 5.41) is 15.2. The molecule has 1 N–H and O–H groups in total. The maximum absolute atomic E-state index is 11.9. The van der Waals surface area contributed by atoms with Crippen LogP contribution < -0.4 is 10.1 Å². The predicted octanol–water partition coefficient (Wildman–Crippen LogP) is 2.62. The standard InChI is InChI=1S/C16H10N2OS.Be/c19-14-9-17-8-7-12(14)16-18-13-6-5-10-3-1-2-4-11(10)15(13)20-16;/h1-9,19H;/q;+2. The van der Waals surface area contributed by atoms with Crippen LogP contribution in [0.1, 0.15) is 0 Å². The zero-order valence-electron chi connectivity index (χ0n) is 11.2. The first-order valence-electron chi connectivity index (χ1n) is 6.28. The van der Waals surface area contributed by atoms with Crippen LogP contribution in [0.15, 0.2) is 54.9 Å². The third-order valence-electron chi connectivity index (χ3n) is 3.36. The summed E-state index contributed by atoms with van der Waals surface area (Å²) in [6.07, 6.45) is 3.00. The molecule has 3 nitrogen and oxygen atoms in total. The van der Waals surface area contributed by atoms with Crippen LogP contribution in [-0.2, 0) is 0 Å². The van der Waals surface area contributed by atoms with Crippen molar-refractivity contribution in [3.05, 3.63) is 54.9 Å². The molecule has 4 aromatic rings. The molecule has 5 heteroatoms. The summed E-state index contributed by atoms with van der Waals surface area (Å²) in [6.45, 7) is 0. The van der Waals surface area contributed by atoms with E-state index in [-0.39, 0.29) is 15.9 Å². The summed E-state index contributed by atoms with van der Waals surface area (Å²) < 4.78 is 1.18. The van der Waals surface area contributed by atoms with Crippen molar-refractivity contribution in [3.63, 3.8) is 0 Å². The maximum Gasteiger partial charge on any atom is 2.00 e. The number of fused-ring (bicyclic) bond motifs is 3. The Hall–Kier alpha value is -2.29. The van der Waals surface area contributed by atoms with Crippen molar-refractivity contribution in [1.82, 2.24) is 4.98 Å². The quantitative estimate of drug-likeness (QED) is 0.505. The molecule has 0 saturated heterocycles. The number of rotatable bonds is 1. The number of pyridine rings is 1. The van der Waals surface area contributed by atoms with Crippen molar-refractivity contribution in [2.75, 3.05) is 0 Å². The molecular weight excluding hydrogens is 277 g/mol. The Bertz CT molecular complexity index is 936. The minimum Gasteiger partial charge on any atom is -0.871 e. The molecular formula is C16H10BeN2OS+2. The van der Waals surface area contributed by atoms with Crippen LogP contribution in [0.5, 0.6) is 5.75 Å². The second-order valence-corrected chi connectivity index (χ2v) is 5.61. The molecule has 0 saturated carbocycles. The molecule has 0 atom stereocenters. The van der Waals surface area contributed by atoms with Gasteiger partial charge in [-0.1, -0.05) is 41.4 Å². The van der Waals surface area contributed by atoms with Crippen molar-refractivity contribution in [3.8, 4) is 16.3 Å². The summed E-state index contributed by atoms with van der Waals surface area (Å²) >= 11 is 1.61. The van der Waals surface area contributed by atoms with E-state index in [2.05, 4.69) is 34.2 Å². The van der Waals surface area contributed by atoms with Crippen LogP contribution in [-0.4, -0.2) is 15.1 Å². The van der Waals surface area contributed by atoms with Gasteiger partial charge in [0.05, 0.1) is 5.56 Å². The first-order chi connectivity index (χ1) is 9.83. The van der Waals surface area contributed by atoms with E-state index in [0.29, 0.717) is 5.56 Å². The first-order valence-corrected chi connectivity index (χ1v) is 7.09. The Morgan fingerprint density at radius 1 is 1.05 bits per heavy atom. The van der Waals surface area contributed by atoms with Crippen LogP contribution in [0, 0.1) is 0 Å². The molecule has 2 aromatic carbocycles. The minimum absolute atomic E-state index is 0. The zero-order valence-corrected chi connectivity index (χ0v) is 12.0. The van der Waals surface area contributed by atoms with Gasteiger partial charge in [0.1, 0.15) is 4.70 Å². The second-order valence-electron chi connectivity index (χ2n) is 4.59. The summed E-state index contributed by atoms with van der Waals surface area (Å²) in [5.74, 6) is -0.0559. The Balaban J connectivity index is 0.00000132. The van der Waals surface area contributed by atoms with Gasteiger partial charge in [-0.05, 0) is 17.5 Å². The number of H-pyrrole nitrogens is 1. The fourth-order valence-corrected chi connectivity index (χ4v) is 3.56. The van der Waals surface area contributed by atoms with Gasteiger partial charge in [-0.25, -0.2) is 0 Å². The number of thiazole rings is 1. The van der Waals surface area contributed by atoms with Gasteiger partial charge >= 0.3 is 10.1 Å². The number of nitrogens with zero attached hydrogens (tertiary/aromatic N) is 1. The predicted molar refractivity (Wildman–Crippen MR) is 84.3 cm³/mol. The van der Waals surface area contributed by atoms with Gasteiger partial charge in [-0.3, -0.25) is 4.98 Å². The normalized spacial score (nSPS) is 10.7. The second kappa shape index (κ2) is 5.24. The monoisotopic (exact) mass is 287 g/mol. The number of aromatic nitrogens is 2. The molecule has 0 aliphatic heterocycles. The zero-order chi connectivity index (χ0) is 13.5. The van der Waals surface area contributed by atoms with E-state index in [0.717, 1.165) is 10.5 Å². The van der Waals surface area contributed by atoms with E-state index in [1.165, 1.54) is 21.7 Å². The Labute approximate surface area is 129 Å². The molecule has 0 aliphatic carbocycles. The summed E-state index contributed by atoms with van der Waals surface area (Å²) in [6, 6.07) is 14.2. The largest absolute Gasteiger partial charge is 2.00 e. The van der Waals surface area contributed by atoms with Gasteiger partial charge in [0.2, 0.25) is 5.52 Å². The third-order valence-corrected chi connectivity index (χ3v) is 4.53. The van der Waals surface area contributed by atoms with Gasteiger partial charge in [-0.15, -0.1) is 0 Å². The number of hydrogen-bond acceptors (Lipinski definition) is 3. The fourth-order valence-electron chi connectivity index (χ4n) is 2.39. The number of aromatic amines is 1. The van der Waals surface area contributed by atoms with Crippen molar-refractivity contribution in [1.29, 1.82) is 0 Å². The van der Waals surface area contributed by atoms with E-state index in [4.69, 9.17) is 0 Å². The molecule has 2 heterocycles. The van der Waals surface area contributed by atoms with E-state index in [9.17, 15) is 5.11 Å². The molecule has 0 amide bonds. The average Bonchev–Trinajstić information content (AvgIpc) is 2.92. The molecule has 0 bridgehead atoms. The third kappa shape index (κ3) is 2.19. The van der Waals surface area contributed by atoms with Crippen LogP contribution in [0.25, 0.3) is 31.6 Å². The molecule has 21 heavy (non-hydrogen) atoms. The molecule has 2 aromatic heterocycles. The molecule has 4 rings (SSSR count). The van der Waals surface area contributed by atoms with Gasteiger partial charge in [0, 0.05) is 23.8 Å². The molecule has 0 fully saturated rings. The topological polar surface area (TPSA) is 50.1 Å². The first kappa shape index (κ1) is 13.7. The van der Waals surface area contributed by atoms with E-state index in [1.54, 1.807) is 23.6 Å². The van der Waals surface area contributed by atoms with Crippen molar-refractivity contribution < 1.29 is 10.1 Å². The molecule has 0 aliphatic rings. The van der Waals surface area contributed by atoms with Gasteiger partial charge in [-0.2, -0.15) is 4.98 Å². The average molecular weight is 287 g/mol. The minimum atomic E-state index is -0.0559. The van der Waals surface area contributed by atoms with Crippen LogP contribution >= 0.6 is 11.3 Å². The number of hydrogen-bond donors (Lipinski definition) is 0. The van der Waals surface area contributed by atoms with Crippen molar-refractivity contribution in [2.24, 2.45) is 0 Å². The molecule has 0 unspecified atom stereocenters. The van der Waals surface area contributed by atoms with Gasteiger partial charge in [0.25, 0.3) is 5.01 Å². The van der Waals surface area contributed by atoms with E-state index >= 15 is 0 Å². The van der Waals surface area contributed by atoms with Crippen molar-refractivity contribution >= 4 is 42.4 Å². The Morgan fingerprint density at radius 3 is 2.76 bits per heavy atom.